The van der Waals surface area contributed by atoms with Crippen molar-refractivity contribution in [3.8, 4) is 17.2 Å². The van der Waals surface area contributed by atoms with Crippen LogP contribution in [0.2, 0.25) is 0 Å². The van der Waals surface area contributed by atoms with E-state index in [4.69, 9.17) is 33.4 Å². The normalized spacial score (nSPS) is 16.5. The Hall–Kier alpha value is -6.39. The smallest absolute Gasteiger partial charge is 0.303 e. The van der Waals surface area contributed by atoms with E-state index in [1.54, 1.807) is 26.0 Å². The highest BCUT2D eigenvalue weighted by atomic mass is 32.2. The van der Waals surface area contributed by atoms with E-state index in [1.807, 2.05) is 83.6 Å². The highest BCUT2D eigenvalue weighted by Crippen LogP contribution is 2.42. The van der Waals surface area contributed by atoms with Gasteiger partial charge in [-0.25, -0.2) is 0 Å². The number of thioether (sulfide) groups is 1. The van der Waals surface area contributed by atoms with Crippen molar-refractivity contribution in [3.63, 3.8) is 0 Å². The highest BCUT2D eigenvalue weighted by molar-refractivity contribution is 8.00. The summed E-state index contributed by atoms with van der Waals surface area (Å²) < 4.78 is 35.9. The zero-order valence-corrected chi connectivity index (χ0v) is 43.3. The van der Waals surface area contributed by atoms with Crippen molar-refractivity contribution in [1.29, 1.82) is 0 Å². The molecule has 0 saturated heterocycles. The van der Waals surface area contributed by atoms with E-state index in [0.29, 0.717) is 98.8 Å². The number of methoxy groups -OCH3 is 2. The van der Waals surface area contributed by atoms with Gasteiger partial charge in [-0.15, -0.1) is 0 Å². The number of fused-ring (bicyclic) bond motifs is 8. The average Bonchev–Trinajstić information content (AvgIpc) is 3.88. The summed E-state index contributed by atoms with van der Waals surface area (Å²) in [6.45, 7) is 10.2. The van der Waals surface area contributed by atoms with Crippen LogP contribution in [-0.4, -0.2) is 112 Å². The predicted molar refractivity (Wildman–Crippen MR) is 286 cm³/mol. The summed E-state index contributed by atoms with van der Waals surface area (Å²) in [4.78, 5) is 50.7. The number of carbonyl (C=O) groups is 3. The maximum absolute atomic E-state index is 14.3. The lowest BCUT2D eigenvalue weighted by Gasteiger charge is -2.34. The Kier molecular flexibility index (Phi) is 16.4. The van der Waals surface area contributed by atoms with E-state index in [-0.39, 0.29) is 48.3 Å². The van der Waals surface area contributed by atoms with Gasteiger partial charge in [0.2, 0.25) is 0 Å². The third-order valence-corrected chi connectivity index (χ3v) is 15.3. The minimum Gasteiger partial charge on any atom is -0.493 e. The molecule has 5 aromatic carbocycles. The van der Waals surface area contributed by atoms with E-state index < -0.39 is 5.97 Å². The number of anilines is 3. The number of amides is 2. The van der Waals surface area contributed by atoms with Gasteiger partial charge in [0.1, 0.15) is 19.0 Å². The second-order valence-electron chi connectivity index (χ2n) is 19.7. The Morgan fingerprint density at radius 2 is 1.44 bits per heavy atom. The molecule has 0 bridgehead atoms. The summed E-state index contributed by atoms with van der Waals surface area (Å²) in [6.07, 6.45) is 5.67. The van der Waals surface area contributed by atoms with Crippen molar-refractivity contribution >= 4 is 58.5 Å². The first kappa shape index (κ1) is 51.5. The fourth-order valence-corrected chi connectivity index (χ4v) is 11.4. The first-order chi connectivity index (χ1) is 35.4. The fraction of sp³-hybridized carbons (Fsp3) is 0.414. The molecule has 0 spiro atoms. The Morgan fingerprint density at radius 3 is 2.16 bits per heavy atom. The highest BCUT2D eigenvalue weighted by Gasteiger charge is 2.39. The van der Waals surface area contributed by atoms with Crippen LogP contribution in [0.3, 0.4) is 0 Å². The number of hydrogen-bond acceptors (Lipinski definition) is 12. The monoisotopic (exact) mass is 1010 g/mol. The van der Waals surface area contributed by atoms with Crippen molar-refractivity contribution in [2.24, 2.45) is 4.99 Å². The molecule has 0 radical (unpaired) electrons. The number of carboxylic acids is 1. The quantitative estimate of drug-likeness (QED) is 0.0587. The van der Waals surface area contributed by atoms with Crippen LogP contribution in [-0.2, 0) is 51.5 Å². The van der Waals surface area contributed by atoms with Gasteiger partial charge in [-0.1, -0.05) is 36.4 Å². The van der Waals surface area contributed by atoms with Crippen molar-refractivity contribution in [3.05, 3.63) is 136 Å². The number of carboxylic acid groups (broad SMARTS) is 1. The maximum atomic E-state index is 14.3. The van der Waals surface area contributed by atoms with Crippen molar-refractivity contribution in [2.45, 2.75) is 89.3 Å². The number of aliphatic imine (C=N–C) groups is 1. The number of nitrogens with zero attached hydrogens (tertiary/aromatic N) is 4. The topological polar surface area (TPSA) is 149 Å². The lowest BCUT2D eigenvalue weighted by Crippen LogP contribution is -2.39. The van der Waals surface area contributed by atoms with Gasteiger partial charge in [0.25, 0.3) is 11.8 Å². The third-order valence-electron chi connectivity index (χ3n) is 13.9. The Bertz CT molecular complexity index is 2850. The van der Waals surface area contributed by atoms with E-state index in [9.17, 15) is 19.5 Å². The Morgan fingerprint density at radius 1 is 0.767 bits per heavy atom. The van der Waals surface area contributed by atoms with Gasteiger partial charge in [0, 0.05) is 78.7 Å². The van der Waals surface area contributed by atoms with Gasteiger partial charge in [0.15, 0.2) is 11.5 Å². The maximum Gasteiger partial charge on any atom is 0.303 e. The fourth-order valence-electron chi connectivity index (χ4n) is 10.3. The van der Waals surface area contributed by atoms with E-state index in [1.165, 1.54) is 5.56 Å². The minimum atomic E-state index is -0.797. The molecule has 5 aromatic rings. The van der Waals surface area contributed by atoms with Crippen LogP contribution in [0, 0.1) is 6.92 Å². The molecular weight excluding hydrogens is 945 g/mol. The summed E-state index contributed by atoms with van der Waals surface area (Å²) in [5, 5.41) is 9.33. The SMILES string of the molecule is COCCOCCOCCN(CC(C)(C)SCCCC(=O)O)c1cc(COc2cc3c(cc2C)C(=O)N2c4ccccc4C[C@H]2C=N3)cc(COc2cc3c(cc2OC)C(=O)N2c4ccccc4C[C@H]2CC3)c1. The molecule has 384 valence electrons. The predicted octanol–water partition coefficient (Wildman–Crippen LogP) is 9.83. The minimum absolute atomic E-state index is 0.0236. The zero-order chi connectivity index (χ0) is 51.1. The second kappa shape index (κ2) is 23.2. The molecule has 1 N–H and O–H groups in total. The summed E-state index contributed by atoms with van der Waals surface area (Å²) >= 11 is 1.75. The Balaban J connectivity index is 0.995. The molecule has 2 amide bonds. The van der Waals surface area contributed by atoms with Crippen molar-refractivity contribution in [2.75, 3.05) is 80.8 Å². The molecule has 0 unspecified atom stereocenters. The van der Waals surface area contributed by atoms with Crippen LogP contribution in [0.1, 0.15) is 87.2 Å². The summed E-state index contributed by atoms with van der Waals surface area (Å²) in [6, 6.07) is 30.0. The molecule has 0 aliphatic carbocycles. The molecule has 73 heavy (non-hydrogen) atoms. The number of ether oxygens (including phenoxy) is 6. The lowest BCUT2D eigenvalue weighted by molar-refractivity contribution is -0.137. The lowest BCUT2D eigenvalue weighted by atomic mass is 9.99. The standard InChI is InChI=1S/C58H66N4O10S/c1-38-25-48-49(59-34-46-30-43-12-7-9-14-51(43)62(46)57(48)66)33-52(38)71-35-39-26-40(28-45(27-39)60(18-19-69-22-23-70-21-20-67-4)37-58(2,3)73-24-10-15-55(63)64)36-72-54-31-41-16-17-44-29-42-11-6-8-13-50(42)61(44)56(65)47(41)32-53(54)68-5/h6-9,11-14,25-28,31-34,44,46H,10,15-24,29-30,35-37H2,1-5H3,(H,63,64)/t44-,46+/m1/s1. The second-order valence-corrected chi connectivity index (χ2v) is 21.5. The molecule has 14 nitrogen and oxygen atoms in total. The van der Waals surface area contributed by atoms with E-state index >= 15 is 0 Å². The van der Waals surface area contributed by atoms with Crippen LogP contribution in [0.25, 0.3) is 0 Å². The van der Waals surface area contributed by atoms with Gasteiger partial charge < -0.3 is 43.3 Å². The van der Waals surface area contributed by atoms with Crippen LogP contribution >= 0.6 is 11.8 Å². The molecule has 0 fully saturated rings. The summed E-state index contributed by atoms with van der Waals surface area (Å²) in [5.74, 6) is 1.46. The average molecular weight is 1010 g/mol. The summed E-state index contributed by atoms with van der Waals surface area (Å²) in [5.41, 5.74) is 10.4. The van der Waals surface area contributed by atoms with Gasteiger partial charge in [-0.3, -0.25) is 24.3 Å². The van der Waals surface area contributed by atoms with E-state index in [2.05, 4.69) is 49.1 Å². The largest absolute Gasteiger partial charge is 0.493 e. The molecule has 4 aliphatic heterocycles. The Labute approximate surface area is 432 Å². The molecule has 2 atom stereocenters. The first-order valence-electron chi connectivity index (χ1n) is 25.3. The van der Waals surface area contributed by atoms with E-state index in [0.717, 1.165) is 64.1 Å². The number of carbonyl (C=O) groups excluding carboxylic acids is 2. The molecule has 15 heteroatoms. The van der Waals surface area contributed by atoms with Crippen LogP contribution < -0.4 is 28.9 Å². The van der Waals surface area contributed by atoms with Crippen LogP contribution in [0.15, 0.2) is 96.0 Å². The van der Waals surface area contributed by atoms with Crippen LogP contribution in [0.4, 0.5) is 22.7 Å². The number of rotatable bonds is 24. The third kappa shape index (κ3) is 12.0. The van der Waals surface area contributed by atoms with Gasteiger partial charge >= 0.3 is 5.97 Å². The molecule has 4 heterocycles. The zero-order valence-electron chi connectivity index (χ0n) is 42.5. The van der Waals surface area contributed by atoms with Gasteiger partial charge in [0.05, 0.1) is 57.4 Å². The van der Waals surface area contributed by atoms with Crippen molar-refractivity contribution in [1.82, 2.24) is 0 Å². The summed E-state index contributed by atoms with van der Waals surface area (Å²) in [7, 11) is 3.24. The molecule has 4 aliphatic rings. The molecule has 9 rings (SSSR count). The van der Waals surface area contributed by atoms with Gasteiger partial charge in [-0.05, 0) is 134 Å². The number of benzene rings is 5. The first-order valence-corrected chi connectivity index (χ1v) is 26.2. The number of aliphatic carboxylic acids is 1. The van der Waals surface area contributed by atoms with Gasteiger partial charge in [-0.2, -0.15) is 11.8 Å². The van der Waals surface area contributed by atoms with Crippen molar-refractivity contribution < 1.29 is 47.9 Å². The number of aryl methyl sites for hydroxylation is 2. The molecule has 0 saturated carbocycles. The van der Waals surface area contributed by atoms with Crippen LogP contribution in [0.5, 0.6) is 17.2 Å². The number of para-hydroxylation sites is 2. The molecule has 0 aromatic heterocycles. The number of hydrogen-bond donors (Lipinski definition) is 1. The molecular formula is C58H66N4O10S.